The van der Waals surface area contributed by atoms with Crippen molar-refractivity contribution in [3.63, 3.8) is 0 Å². The zero-order valence-electron chi connectivity index (χ0n) is 12.1. The van der Waals surface area contributed by atoms with Crippen molar-refractivity contribution in [2.45, 2.75) is 38.4 Å². The van der Waals surface area contributed by atoms with E-state index in [0.29, 0.717) is 11.1 Å². The van der Waals surface area contributed by atoms with E-state index in [1.807, 2.05) is 31.2 Å². The van der Waals surface area contributed by atoms with Gasteiger partial charge in [0.15, 0.2) is 0 Å². The summed E-state index contributed by atoms with van der Waals surface area (Å²) >= 11 is 5.86. The predicted molar refractivity (Wildman–Crippen MR) is 82.1 cm³/mol. The van der Waals surface area contributed by atoms with Crippen LogP contribution in [0.2, 0.25) is 5.02 Å². The first-order valence-electron chi connectivity index (χ1n) is 7.46. The van der Waals surface area contributed by atoms with Crippen LogP contribution < -0.4 is 0 Å². The second-order valence-corrected chi connectivity index (χ2v) is 5.81. The standard InChI is InChI=1S/C16H24ClNO2/c1-2-20-15-4-3-10-18(12-15)11-9-16(19)13-5-7-14(17)8-6-13/h5-8,15-16,19H,2-4,9-12H2,1H3. The number of hydrogen-bond donors (Lipinski definition) is 1. The lowest BCUT2D eigenvalue weighted by molar-refractivity contribution is 0.00212. The average molecular weight is 298 g/mol. The smallest absolute Gasteiger partial charge is 0.0802 e. The summed E-state index contributed by atoms with van der Waals surface area (Å²) in [6, 6.07) is 7.44. The van der Waals surface area contributed by atoms with Gasteiger partial charge >= 0.3 is 0 Å². The number of rotatable bonds is 6. The average Bonchev–Trinajstić information content (AvgIpc) is 2.46. The molecular weight excluding hydrogens is 274 g/mol. The molecule has 0 radical (unpaired) electrons. The second kappa shape index (κ2) is 7.99. The predicted octanol–water partition coefficient (Wildman–Crippen LogP) is 3.26. The van der Waals surface area contributed by atoms with Crippen LogP contribution in [-0.2, 0) is 4.74 Å². The summed E-state index contributed by atoms with van der Waals surface area (Å²) in [5, 5.41) is 10.9. The molecule has 2 rings (SSSR count). The molecule has 0 aromatic heterocycles. The van der Waals surface area contributed by atoms with Gasteiger partial charge < -0.3 is 14.7 Å². The number of piperidine rings is 1. The maximum Gasteiger partial charge on any atom is 0.0802 e. The molecule has 0 amide bonds. The Kier molecular flexibility index (Phi) is 6.30. The Balaban J connectivity index is 1.78. The summed E-state index contributed by atoms with van der Waals surface area (Å²) in [4.78, 5) is 2.39. The van der Waals surface area contributed by atoms with Crippen LogP contribution in [0.25, 0.3) is 0 Å². The summed E-state index contributed by atoms with van der Waals surface area (Å²) < 4.78 is 5.70. The Bertz CT molecular complexity index is 394. The number of halogens is 1. The minimum Gasteiger partial charge on any atom is -0.388 e. The highest BCUT2D eigenvalue weighted by molar-refractivity contribution is 6.30. The SMILES string of the molecule is CCOC1CCCN(CCC(O)c2ccc(Cl)cc2)C1. The highest BCUT2D eigenvalue weighted by atomic mass is 35.5. The molecule has 0 saturated carbocycles. The van der Waals surface area contributed by atoms with E-state index in [0.717, 1.165) is 44.6 Å². The molecule has 0 spiro atoms. The van der Waals surface area contributed by atoms with Crippen LogP contribution >= 0.6 is 11.6 Å². The number of hydrogen-bond acceptors (Lipinski definition) is 3. The van der Waals surface area contributed by atoms with Crippen LogP contribution in [0.15, 0.2) is 24.3 Å². The lowest BCUT2D eigenvalue weighted by Crippen LogP contribution is -2.40. The Morgan fingerprint density at radius 1 is 1.40 bits per heavy atom. The largest absolute Gasteiger partial charge is 0.388 e. The van der Waals surface area contributed by atoms with Crippen molar-refractivity contribution in [3.8, 4) is 0 Å². The number of benzene rings is 1. The summed E-state index contributed by atoms with van der Waals surface area (Å²) in [7, 11) is 0. The van der Waals surface area contributed by atoms with Crippen molar-refractivity contribution in [2.24, 2.45) is 0 Å². The summed E-state index contributed by atoms with van der Waals surface area (Å²) in [5.74, 6) is 0. The van der Waals surface area contributed by atoms with Crippen LogP contribution in [0, 0.1) is 0 Å². The Labute approximate surface area is 126 Å². The van der Waals surface area contributed by atoms with E-state index in [9.17, 15) is 5.11 Å². The highest BCUT2D eigenvalue weighted by Crippen LogP contribution is 2.21. The normalized spacial score (nSPS) is 21.9. The third-order valence-electron chi connectivity index (χ3n) is 3.84. The fraction of sp³-hybridized carbons (Fsp3) is 0.625. The summed E-state index contributed by atoms with van der Waals surface area (Å²) in [5.41, 5.74) is 0.938. The van der Waals surface area contributed by atoms with E-state index < -0.39 is 6.10 Å². The van der Waals surface area contributed by atoms with Crippen molar-refractivity contribution in [1.29, 1.82) is 0 Å². The van der Waals surface area contributed by atoms with E-state index in [1.165, 1.54) is 6.42 Å². The maximum absolute atomic E-state index is 10.2. The van der Waals surface area contributed by atoms with E-state index in [1.54, 1.807) is 0 Å². The van der Waals surface area contributed by atoms with Gasteiger partial charge in [-0.3, -0.25) is 0 Å². The van der Waals surface area contributed by atoms with Crippen molar-refractivity contribution in [3.05, 3.63) is 34.9 Å². The van der Waals surface area contributed by atoms with Crippen LogP contribution in [0.3, 0.4) is 0 Å². The molecule has 1 aliphatic heterocycles. The molecule has 4 heteroatoms. The van der Waals surface area contributed by atoms with E-state index >= 15 is 0 Å². The molecule has 20 heavy (non-hydrogen) atoms. The zero-order chi connectivity index (χ0) is 14.4. The van der Waals surface area contributed by atoms with Gasteiger partial charge in [0.1, 0.15) is 0 Å². The van der Waals surface area contributed by atoms with Gasteiger partial charge in [-0.2, -0.15) is 0 Å². The molecule has 0 aliphatic carbocycles. The molecule has 1 heterocycles. The zero-order valence-corrected chi connectivity index (χ0v) is 12.9. The molecule has 0 bridgehead atoms. The van der Waals surface area contributed by atoms with E-state index in [4.69, 9.17) is 16.3 Å². The molecule has 1 aromatic carbocycles. The Morgan fingerprint density at radius 3 is 2.85 bits per heavy atom. The van der Waals surface area contributed by atoms with Gasteiger partial charge in [0.05, 0.1) is 12.2 Å². The topological polar surface area (TPSA) is 32.7 Å². The van der Waals surface area contributed by atoms with Gasteiger partial charge in [-0.25, -0.2) is 0 Å². The molecule has 1 fully saturated rings. The van der Waals surface area contributed by atoms with Gasteiger partial charge in [0.2, 0.25) is 0 Å². The maximum atomic E-state index is 10.2. The van der Waals surface area contributed by atoms with Crippen molar-refractivity contribution in [1.82, 2.24) is 4.90 Å². The van der Waals surface area contributed by atoms with Crippen LogP contribution in [-0.4, -0.2) is 42.4 Å². The fourth-order valence-electron chi connectivity index (χ4n) is 2.74. The quantitative estimate of drug-likeness (QED) is 0.875. The van der Waals surface area contributed by atoms with Gasteiger partial charge in [0.25, 0.3) is 0 Å². The van der Waals surface area contributed by atoms with Gasteiger partial charge in [-0.05, 0) is 50.4 Å². The monoisotopic (exact) mass is 297 g/mol. The van der Waals surface area contributed by atoms with Crippen LogP contribution in [0.5, 0.6) is 0 Å². The minimum absolute atomic E-state index is 0.362. The fourth-order valence-corrected chi connectivity index (χ4v) is 2.87. The van der Waals surface area contributed by atoms with Crippen molar-refractivity contribution in [2.75, 3.05) is 26.2 Å². The molecular formula is C16H24ClNO2. The number of likely N-dealkylation sites (tertiary alicyclic amines) is 1. The number of nitrogens with zero attached hydrogens (tertiary/aromatic N) is 1. The molecule has 3 nitrogen and oxygen atoms in total. The van der Waals surface area contributed by atoms with Crippen molar-refractivity contribution < 1.29 is 9.84 Å². The first kappa shape index (κ1) is 15.8. The highest BCUT2D eigenvalue weighted by Gasteiger charge is 2.20. The lowest BCUT2D eigenvalue weighted by Gasteiger charge is -2.32. The van der Waals surface area contributed by atoms with Crippen molar-refractivity contribution >= 4 is 11.6 Å². The second-order valence-electron chi connectivity index (χ2n) is 5.38. The van der Waals surface area contributed by atoms with Gasteiger partial charge in [0, 0.05) is 24.7 Å². The Morgan fingerprint density at radius 2 is 2.15 bits per heavy atom. The third kappa shape index (κ3) is 4.74. The Hall–Kier alpha value is -0.610. The number of ether oxygens (including phenoxy) is 1. The molecule has 112 valence electrons. The van der Waals surface area contributed by atoms with Crippen LogP contribution in [0.4, 0.5) is 0 Å². The molecule has 1 N–H and O–H groups in total. The van der Waals surface area contributed by atoms with E-state index in [-0.39, 0.29) is 0 Å². The third-order valence-corrected chi connectivity index (χ3v) is 4.09. The minimum atomic E-state index is -0.417. The molecule has 1 aliphatic rings. The molecule has 1 aromatic rings. The molecule has 2 unspecified atom stereocenters. The lowest BCUT2D eigenvalue weighted by atomic mass is 10.0. The number of aliphatic hydroxyl groups excluding tert-OH is 1. The van der Waals surface area contributed by atoms with Crippen LogP contribution in [0.1, 0.15) is 37.9 Å². The first-order valence-corrected chi connectivity index (χ1v) is 7.84. The van der Waals surface area contributed by atoms with E-state index in [2.05, 4.69) is 4.90 Å². The molecule has 2 atom stereocenters. The summed E-state index contributed by atoms with van der Waals surface area (Å²) in [6.45, 7) is 5.83. The molecule has 1 saturated heterocycles. The van der Waals surface area contributed by atoms with Gasteiger partial charge in [-0.15, -0.1) is 0 Å². The number of aliphatic hydroxyl groups is 1. The van der Waals surface area contributed by atoms with Gasteiger partial charge in [-0.1, -0.05) is 23.7 Å². The summed E-state index contributed by atoms with van der Waals surface area (Å²) in [6.07, 6.45) is 3.04. The first-order chi connectivity index (χ1) is 9.69.